The lowest BCUT2D eigenvalue weighted by Gasteiger charge is -2.06. The van der Waals surface area contributed by atoms with Crippen molar-refractivity contribution in [3.05, 3.63) is 34.3 Å². The molecule has 0 saturated carbocycles. The van der Waals surface area contributed by atoms with Gasteiger partial charge in [0.25, 0.3) is 0 Å². The van der Waals surface area contributed by atoms with Gasteiger partial charge in [-0.15, -0.1) is 0 Å². The number of rotatable bonds is 5. The molecule has 0 aliphatic carbocycles. The highest BCUT2D eigenvalue weighted by atomic mass is 16.6. The van der Waals surface area contributed by atoms with E-state index in [1.54, 1.807) is 24.1 Å². The number of nitro groups is 1. The Morgan fingerprint density at radius 2 is 2.32 bits per heavy atom. The van der Waals surface area contributed by atoms with E-state index in [0.717, 1.165) is 11.8 Å². The molecule has 0 spiro atoms. The molecule has 10 nitrogen and oxygen atoms in total. The second-order valence-corrected chi connectivity index (χ2v) is 3.70. The van der Waals surface area contributed by atoms with Gasteiger partial charge >= 0.3 is 5.69 Å². The lowest BCUT2D eigenvalue weighted by Crippen LogP contribution is -2.13. The van der Waals surface area contributed by atoms with Crippen LogP contribution in [0.15, 0.2) is 18.6 Å². The van der Waals surface area contributed by atoms with Crippen LogP contribution in [0.4, 0.5) is 17.5 Å². The molecule has 0 aliphatic rings. The van der Waals surface area contributed by atoms with Crippen molar-refractivity contribution in [3.63, 3.8) is 0 Å². The maximum Gasteiger partial charge on any atom is 0.329 e. The number of nitrogens with one attached hydrogen (secondary N) is 2. The van der Waals surface area contributed by atoms with Gasteiger partial charge in [0.15, 0.2) is 0 Å². The number of nitrogen functional groups attached to an aromatic ring is 1. The van der Waals surface area contributed by atoms with E-state index < -0.39 is 4.92 Å². The molecular weight excluding hydrogens is 252 g/mol. The molecule has 0 fully saturated rings. The first kappa shape index (κ1) is 12.7. The normalized spacial score (nSPS) is 10.2. The van der Waals surface area contributed by atoms with Gasteiger partial charge in [0.05, 0.1) is 11.1 Å². The summed E-state index contributed by atoms with van der Waals surface area (Å²) in [4.78, 5) is 17.9. The highest BCUT2D eigenvalue weighted by Crippen LogP contribution is 2.22. The first-order valence-electron chi connectivity index (χ1n) is 5.29. The second kappa shape index (κ2) is 5.27. The van der Waals surface area contributed by atoms with Crippen LogP contribution >= 0.6 is 0 Å². The van der Waals surface area contributed by atoms with Crippen LogP contribution in [-0.4, -0.2) is 24.7 Å². The third kappa shape index (κ3) is 2.93. The highest BCUT2D eigenvalue weighted by Gasteiger charge is 2.16. The third-order valence-corrected chi connectivity index (χ3v) is 2.31. The van der Waals surface area contributed by atoms with Crippen LogP contribution in [0.3, 0.4) is 0 Å². The molecule has 0 saturated heterocycles. The van der Waals surface area contributed by atoms with E-state index in [1.165, 1.54) is 0 Å². The first-order valence-corrected chi connectivity index (χ1v) is 5.29. The van der Waals surface area contributed by atoms with E-state index in [4.69, 9.17) is 5.84 Å². The van der Waals surface area contributed by atoms with Crippen LogP contribution in [0.25, 0.3) is 0 Å². The number of nitrogens with zero attached hydrogens (tertiary/aromatic N) is 5. The number of aromatic nitrogens is 4. The predicted octanol–water partition coefficient (Wildman–Crippen LogP) is 0.0160. The van der Waals surface area contributed by atoms with Crippen molar-refractivity contribution in [3.8, 4) is 0 Å². The van der Waals surface area contributed by atoms with E-state index in [0.29, 0.717) is 6.54 Å². The molecule has 2 heterocycles. The number of nitrogens with two attached hydrogens (primary N) is 1. The van der Waals surface area contributed by atoms with Crippen LogP contribution in [-0.2, 0) is 13.6 Å². The quantitative estimate of drug-likeness (QED) is 0.390. The van der Waals surface area contributed by atoms with Gasteiger partial charge in [-0.2, -0.15) is 10.1 Å². The minimum atomic E-state index is -0.564. The zero-order valence-corrected chi connectivity index (χ0v) is 10.1. The molecular formula is C9H12N8O2. The molecule has 19 heavy (non-hydrogen) atoms. The first-order chi connectivity index (χ1) is 9.10. The van der Waals surface area contributed by atoms with Crippen LogP contribution in [0.5, 0.6) is 0 Å². The summed E-state index contributed by atoms with van der Waals surface area (Å²) in [5, 5.41) is 17.7. The van der Waals surface area contributed by atoms with Crippen LogP contribution in [0.2, 0.25) is 0 Å². The third-order valence-electron chi connectivity index (χ3n) is 2.31. The molecule has 10 heteroatoms. The zero-order valence-electron chi connectivity index (χ0n) is 10.1. The number of hydrogen-bond donors (Lipinski definition) is 3. The molecule has 4 N–H and O–H groups in total. The monoisotopic (exact) mass is 264 g/mol. The van der Waals surface area contributed by atoms with Gasteiger partial charge in [0.1, 0.15) is 6.20 Å². The molecule has 0 radical (unpaired) electrons. The lowest BCUT2D eigenvalue weighted by atomic mass is 10.3. The molecule has 0 bridgehead atoms. The fourth-order valence-electron chi connectivity index (χ4n) is 1.46. The van der Waals surface area contributed by atoms with Crippen molar-refractivity contribution in [1.82, 2.24) is 19.7 Å². The smallest absolute Gasteiger partial charge is 0.329 e. The number of hydrazine groups is 1. The van der Waals surface area contributed by atoms with E-state index in [2.05, 4.69) is 25.8 Å². The van der Waals surface area contributed by atoms with Crippen molar-refractivity contribution in [2.75, 3.05) is 10.7 Å². The largest absolute Gasteiger partial charge is 0.360 e. The fraction of sp³-hybridized carbons (Fsp3) is 0.222. The van der Waals surface area contributed by atoms with Crippen molar-refractivity contribution >= 4 is 17.5 Å². The van der Waals surface area contributed by atoms with Crippen LogP contribution in [0.1, 0.15) is 5.56 Å². The highest BCUT2D eigenvalue weighted by molar-refractivity contribution is 5.56. The summed E-state index contributed by atoms with van der Waals surface area (Å²) in [6.45, 7) is 0.357. The Kier molecular flexibility index (Phi) is 3.52. The van der Waals surface area contributed by atoms with Crippen LogP contribution in [0, 0.1) is 10.1 Å². The minimum Gasteiger partial charge on any atom is -0.360 e. The van der Waals surface area contributed by atoms with E-state index in [9.17, 15) is 10.1 Å². The summed E-state index contributed by atoms with van der Waals surface area (Å²) in [5.74, 6) is 5.36. The van der Waals surface area contributed by atoms with Gasteiger partial charge < -0.3 is 5.32 Å². The number of anilines is 2. The van der Waals surface area contributed by atoms with E-state index in [-0.39, 0.29) is 17.5 Å². The Bertz CT molecular complexity index is 596. The second-order valence-electron chi connectivity index (χ2n) is 3.70. The summed E-state index contributed by atoms with van der Waals surface area (Å²) in [6, 6.07) is 0. The summed E-state index contributed by atoms with van der Waals surface area (Å²) < 4.78 is 1.64. The minimum absolute atomic E-state index is 0.0943. The predicted molar refractivity (Wildman–Crippen MR) is 67.0 cm³/mol. The molecule has 2 aromatic heterocycles. The SMILES string of the molecule is Cn1cc(CNc2nc(NN)ncc2[N+](=O)[O-])cn1. The molecule has 0 unspecified atom stereocenters. The average molecular weight is 264 g/mol. The number of aryl methyl sites for hydroxylation is 1. The Morgan fingerprint density at radius 1 is 1.53 bits per heavy atom. The van der Waals surface area contributed by atoms with Gasteiger partial charge in [0.2, 0.25) is 11.8 Å². The Balaban J connectivity index is 2.19. The van der Waals surface area contributed by atoms with Crippen molar-refractivity contribution in [1.29, 1.82) is 0 Å². The van der Waals surface area contributed by atoms with Crippen molar-refractivity contribution < 1.29 is 4.92 Å². The lowest BCUT2D eigenvalue weighted by molar-refractivity contribution is -0.384. The molecule has 2 rings (SSSR count). The molecule has 100 valence electrons. The van der Waals surface area contributed by atoms with Gasteiger partial charge in [-0.25, -0.2) is 10.8 Å². The molecule has 0 atom stereocenters. The summed E-state index contributed by atoms with van der Waals surface area (Å²) in [7, 11) is 1.78. The van der Waals surface area contributed by atoms with Crippen LogP contribution < -0.4 is 16.6 Å². The van der Waals surface area contributed by atoms with E-state index >= 15 is 0 Å². The molecule has 0 aliphatic heterocycles. The maximum atomic E-state index is 10.9. The molecule has 0 amide bonds. The van der Waals surface area contributed by atoms with Crippen molar-refractivity contribution in [2.24, 2.45) is 12.9 Å². The topological polar surface area (TPSA) is 137 Å². The molecule has 2 aromatic rings. The average Bonchev–Trinajstić information content (AvgIpc) is 2.81. The van der Waals surface area contributed by atoms with Gasteiger partial charge in [-0.1, -0.05) is 0 Å². The molecule has 0 aromatic carbocycles. The Hall–Kier alpha value is -2.75. The summed E-state index contributed by atoms with van der Waals surface area (Å²) >= 11 is 0. The summed E-state index contributed by atoms with van der Waals surface area (Å²) in [5.41, 5.74) is 2.89. The standard InChI is InChI=1S/C9H12N8O2/c1-16-5-6(3-13-16)2-11-8-7(17(18)19)4-12-9(14-8)15-10/h3-5H,2,10H2,1H3,(H2,11,12,14,15). The fourth-order valence-corrected chi connectivity index (χ4v) is 1.46. The zero-order chi connectivity index (χ0) is 13.8. The number of hydrogen-bond acceptors (Lipinski definition) is 8. The Labute approximate surface area is 107 Å². The van der Waals surface area contributed by atoms with Gasteiger partial charge in [-0.05, 0) is 0 Å². The summed E-state index contributed by atoms with van der Waals surface area (Å²) in [6.07, 6.45) is 4.54. The van der Waals surface area contributed by atoms with Gasteiger partial charge in [0, 0.05) is 25.4 Å². The maximum absolute atomic E-state index is 10.9. The Morgan fingerprint density at radius 3 is 2.89 bits per heavy atom. The van der Waals surface area contributed by atoms with E-state index in [1.807, 2.05) is 0 Å². The van der Waals surface area contributed by atoms with Gasteiger partial charge in [-0.3, -0.25) is 20.2 Å². The van der Waals surface area contributed by atoms with Crippen molar-refractivity contribution in [2.45, 2.75) is 6.54 Å².